The average Bonchev–Trinajstić information content (AvgIpc) is 0.918. The van der Waals surface area contributed by atoms with Gasteiger partial charge in [-0.15, -0.1) is 0 Å². The first-order valence-electron chi connectivity index (χ1n) is 0.309. The first-order chi connectivity index (χ1) is 1.41. The van der Waals surface area contributed by atoms with Crippen molar-refractivity contribution in [2.75, 3.05) is 0 Å². The third-order valence-electron chi connectivity index (χ3n) is 0. The zero-order valence-corrected chi connectivity index (χ0v) is 6.83. The number of halogens is 2. The molecule has 0 heterocycles. The van der Waals surface area contributed by atoms with E-state index in [-0.39, 0.29) is 54.8 Å². The molecule has 1 nitrogen and oxygen atoms in total. The zero-order valence-electron chi connectivity index (χ0n) is 2.17. The quantitative estimate of drug-likeness (QED) is 0.517. The van der Waals surface area contributed by atoms with Crippen LogP contribution in [0.1, 0.15) is 0 Å². The number of rotatable bonds is 0. The van der Waals surface area contributed by atoms with Gasteiger partial charge < -0.3 is 0 Å². The molecule has 5 heteroatoms. The molecule has 0 atom stereocenters. The van der Waals surface area contributed by atoms with Crippen LogP contribution in [0, 0.1) is 0 Å². The molecule has 0 spiro atoms. The summed E-state index contributed by atoms with van der Waals surface area (Å²) in [5.74, 6) is 0. The molecule has 0 fully saturated rings. The van der Waals surface area contributed by atoms with Gasteiger partial charge in [-0.2, -0.15) is 3.84 Å². The number of hydrogen-bond donors (Lipinski definition) is 0. The molecule has 0 bridgehead atoms. The molecule has 0 unspecified atom stereocenters. The van der Waals surface area contributed by atoms with Crippen LogP contribution < -0.4 is 0 Å². The van der Waals surface area contributed by atoms with Gasteiger partial charge in [-0.05, 0) is 0 Å². The molecule has 0 saturated heterocycles. The van der Waals surface area contributed by atoms with Crippen molar-refractivity contribution in [1.82, 2.24) is 0 Å². The molecule has 0 rings (SSSR count). The van der Waals surface area contributed by atoms with Crippen molar-refractivity contribution >= 4 is 61.5 Å². The summed E-state index contributed by atoms with van der Waals surface area (Å²) in [4.78, 5) is 0. The molecule has 0 aromatic heterocycles. The molecule has 5 heavy (non-hydrogen) atoms. The van der Waals surface area contributed by atoms with E-state index < -0.39 is 0 Å². The van der Waals surface area contributed by atoms with Crippen molar-refractivity contribution in [1.29, 1.82) is 0 Å². The molecule has 0 aliphatic heterocycles. The smallest absolute Gasteiger partial charge is 0.0832 e. The van der Waals surface area contributed by atoms with Gasteiger partial charge >= 0.3 is 0 Å². The van der Waals surface area contributed by atoms with Crippen LogP contribution in [0.15, 0.2) is 0 Å². The summed E-state index contributed by atoms with van der Waals surface area (Å²) in [7, 11) is 0. The molecule has 0 aromatic carbocycles. The predicted octanol–water partition coefficient (Wildman–Crippen LogP) is 0.927. The Kier molecular flexibility index (Phi) is 50.9. The Hall–Kier alpha value is 2.32. The summed E-state index contributed by atoms with van der Waals surface area (Å²) >= 11 is 8.53. The van der Waals surface area contributed by atoms with E-state index in [1.54, 1.807) is 0 Å². The molecule has 33 valence electrons. The van der Waals surface area contributed by atoms with E-state index in [1.807, 2.05) is 0 Å². The van der Waals surface area contributed by atoms with E-state index in [0.29, 0.717) is 0 Å². The second kappa shape index (κ2) is 16.2. The van der Waals surface area contributed by atoms with Crippen LogP contribution in [-0.2, 0) is 20.9 Å². The van der Waals surface area contributed by atoms with Crippen LogP contribution in [0.2, 0.25) is 0 Å². The van der Waals surface area contributed by atoms with Crippen LogP contribution in [0.4, 0.5) is 0 Å². The number of hydrogen-bond acceptors (Lipinski definition) is 1. The maximum Gasteiger partial charge on any atom is 0.0832 e. The minimum absolute atomic E-state index is 0. The first kappa shape index (κ1) is 15.7. The van der Waals surface area contributed by atoms with E-state index in [0.717, 1.165) is 0 Å². The fourth-order valence-electron chi connectivity index (χ4n) is 0. The van der Waals surface area contributed by atoms with E-state index in [1.165, 1.54) is 0 Å². The summed E-state index contributed by atoms with van der Waals surface area (Å²) in [6, 6.07) is 0. The van der Waals surface area contributed by atoms with Gasteiger partial charge in [-0.25, -0.2) is 0 Å². The Morgan fingerprint density at radius 1 is 1.20 bits per heavy atom. The third-order valence-corrected chi connectivity index (χ3v) is 0. The molecular formula is CaCl2CuO. The summed E-state index contributed by atoms with van der Waals surface area (Å²) in [6.45, 7) is 0. The van der Waals surface area contributed by atoms with Crippen molar-refractivity contribution in [2.24, 2.45) is 0 Å². The van der Waals surface area contributed by atoms with Gasteiger partial charge in [0.25, 0.3) is 0 Å². The fourth-order valence-corrected chi connectivity index (χ4v) is 0. The largest absolute Gasteiger partial charge is 0.166 e. The van der Waals surface area contributed by atoms with Crippen LogP contribution in [0.3, 0.4) is 0 Å². The van der Waals surface area contributed by atoms with Crippen LogP contribution in [0.25, 0.3) is 0 Å². The maximum atomic E-state index is 4.26. The van der Waals surface area contributed by atoms with Crippen molar-refractivity contribution in [2.45, 2.75) is 0 Å². The average molecular weight is 191 g/mol. The third kappa shape index (κ3) is 21.9. The SMILES string of the molecule is ClOCl.[Ca].[Cu]. The Morgan fingerprint density at radius 2 is 1.20 bits per heavy atom. The Labute approximate surface area is 81.2 Å². The topological polar surface area (TPSA) is 9.23 Å². The summed E-state index contributed by atoms with van der Waals surface area (Å²) in [5, 5.41) is 0. The van der Waals surface area contributed by atoms with Gasteiger partial charge in [0, 0.05) is 54.8 Å². The normalized spacial score (nSPS) is 3.60. The van der Waals surface area contributed by atoms with E-state index in [2.05, 4.69) is 27.6 Å². The van der Waals surface area contributed by atoms with Gasteiger partial charge in [0.1, 0.15) is 0 Å². The first-order valence-corrected chi connectivity index (χ1v) is 0.926. The summed E-state index contributed by atoms with van der Waals surface area (Å²) in [6.07, 6.45) is 0. The second-order valence-electron chi connectivity index (χ2n) is 0.0583. The van der Waals surface area contributed by atoms with Crippen molar-refractivity contribution in [3.8, 4) is 0 Å². The standard InChI is InChI=1S/Ca.Cl2O.Cu/c;1-3-2;. The van der Waals surface area contributed by atoms with Gasteiger partial charge in [0.2, 0.25) is 0 Å². The molecule has 0 amide bonds. The molecule has 0 N–H and O–H groups in total. The Morgan fingerprint density at radius 3 is 1.20 bits per heavy atom. The minimum Gasteiger partial charge on any atom is -0.166 e. The van der Waals surface area contributed by atoms with Gasteiger partial charge in [0.15, 0.2) is 0 Å². The molecular weight excluding hydrogens is 191 g/mol. The zero-order chi connectivity index (χ0) is 2.71. The molecule has 3 radical (unpaired) electrons. The predicted molar refractivity (Wildman–Crippen MR) is 18.5 cm³/mol. The van der Waals surface area contributed by atoms with Crippen LogP contribution >= 0.6 is 23.7 Å². The Balaban J connectivity index is -0.0000000200. The molecule has 0 saturated carbocycles. The monoisotopic (exact) mass is 189 g/mol. The Bertz CT molecular complexity index is 9.61. The minimum atomic E-state index is 0. The molecule has 0 aromatic rings. The summed E-state index contributed by atoms with van der Waals surface area (Å²) < 4.78 is 3.19. The van der Waals surface area contributed by atoms with Crippen molar-refractivity contribution in [3.63, 3.8) is 0 Å². The van der Waals surface area contributed by atoms with Crippen LogP contribution in [-0.4, -0.2) is 37.7 Å². The van der Waals surface area contributed by atoms with Gasteiger partial charge in [0.05, 0.1) is 23.7 Å². The van der Waals surface area contributed by atoms with Crippen molar-refractivity contribution in [3.05, 3.63) is 0 Å². The van der Waals surface area contributed by atoms with Gasteiger partial charge in [-0.1, -0.05) is 0 Å². The second-order valence-corrected chi connectivity index (χ2v) is 0.525. The maximum absolute atomic E-state index is 4.26. The van der Waals surface area contributed by atoms with Crippen LogP contribution in [0.5, 0.6) is 0 Å². The van der Waals surface area contributed by atoms with E-state index in [9.17, 15) is 0 Å². The van der Waals surface area contributed by atoms with E-state index in [4.69, 9.17) is 0 Å². The van der Waals surface area contributed by atoms with E-state index >= 15 is 0 Å². The summed E-state index contributed by atoms with van der Waals surface area (Å²) in [5.41, 5.74) is 0. The molecule has 0 aliphatic rings. The van der Waals surface area contributed by atoms with Gasteiger partial charge in [-0.3, -0.25) is 0 Å². The van der Waals surface area contributed by atoms with Crippen molar-refractivity contribution < 1.29 is 20.9 Å². The molecule has 0 aliphatic carbocycles. The fraction of sp³-hybridized carbons (Fsp3) is 0.